The predicted molar refractivity (Wildman–Crippen MR) is 98.0 cm³/mol. The maximum Gasteiger partial charge on any atom is 0.263 e. The first kappa shape index (κ1) is 16.9. The number of nitrogens with zero attached hydrogens (tertiary/aromatic N) is 2. The van der Waals surface area contributed by atoms with E-state index in [1.54, 1.807) is 16.7 Å². The van der Waals surface area contributed by atoms with E-state index in [1.165, 1.54) is 12.1 Å². The second-order valence-corrected chi connectivity index (χ2v) is 6.88. The van der Waals surface area contributed by atoms with Gasteiger partial charge in [0.25, 0.3) is 5.91 Å². The summed E-state index contributed by atoms with van der Waals surface area (Å²) in [6.45, 7) is 0.832. The molecule has 24 heavy (non-hydrogen) atoms. The van der Waals surface area contributed by atoms with Crippen molar-refractivity contribution >= 4 is 32.7 Å². The van der Waals surface area contributed by atoms with Crippen LogP contribution in [-0.2, 0) is 6.42 Å². The molecule has 0 spiro atoms. The minimum Gasteiger partial charge on any atom is -0.309 e. The van der Waals surface area contributed by atoms with Crippen LogP contribution in [0.25, 0.3) is 10.9 Å². The maximum atomic E-state index is 13.7. The largest absolute Gasteiger partial charge is 0.309 e. The van der Waals surface area contributed by atoms with Gasteiger partial charge in [0, 0.05) is 22.6 Å². The molecule has 0 saturated carbocycles. The van der Waals surface area contributed by atoms with Crippen molar-refractivity contribution in [2.75, 3.05) is 20.6 Å². The summed E-state index contributed by atoms with van der Waals surface area (Å²) in [7, 11) is 3.98. The van der Waals surface area contributed by atoms with Gasteiger partial charge in [-0.3, -0.25) is 9.36 Å². The van der Waals surface area contributed by atoms with Crippen LogP contribution in [0.2, 0.25) is 0 Å². The fourth-order valence-corrected chi connectivity index (χ4v) is 3.20. The Balaban J connectivity index is 2.11. The van der Waals surface area contributed by atoms with Gasteiger partial charge in [0.2, 0.25) is 0 Å². The minimum absolute atomic E-state index is 0.129. The topological polar surface area (TPSA) is 25.2 Å². The molecule has 2 aromatic carbocycles. The second kappa shape index (κ2) is 6.87. The van der Waals surface area contributed by atoms with Gasteiger partial charge in [-0.2, -0.15) is 0 Å². The lowest BCUT2D eigenvalue weighted by atomic mass is 10.1. The summed E-state index contributed by atoms with van der Waals surface area (Å²) in [5, 5.41) is 0.789. The molecule has 0 amide bonds. The van der Waals surface area contributed by atoms with Crippen LogP contribution in [0.4, 0.5) is 4.39 Å². The highest BCUT2D eigenvalue weighted by atomic mass is 79.9. The molecule has 0 unspecified atom stereocenters. The zero-order valence-corrected chi connectivity index (χ0v) is 15.2. The Morgan fingerprint density at radius 1 is 1.21 bits per heavy atom. The summed E-state index contributed by atoms with van der Waals surface area (Å²) in [6, 6.07) is 11.9. The van der Waals surface area contributed by atoms with Crippen molar-refractivity contribution in [3.8, 4) is 0 Å². The standard InChI is InChI=1S/C19H18BrFN2O/c1-22(2)10-9-13-12-23(18-8-7-14(21)11-16(13)18)19(24)15-5-3-4-6-17(15)20/h3-8,11-12H,9-10H2,1-2H3. The lowest BCUT2D eigenvalue weighted by Crippen LogP contribution is -2.15. The van der Waals surface area contributed by atoms with Crippen molar-refractivity contribution in [2.45, 2.75) is 6.42 Å². The molecule has 3 rings (SSSR count). The molecule has 0 saturated heterocycles. The first-order valence-corrected chi connectivity index (χ1v) is 8.50. The van der Waals surface area contributed by atoms with Crippen molar-refractivity contribution in [1.82, 2.24) is 9.47 Å². The van der Waals surface area contributed by atoms with Gasteiger partial charge in [0.1, 0.15) is 5.82 Å². The molecule has 1 heterocycles. The third kappa shape index (κ3) is 3.28. The SMILES string of the molecule is CN(C)CCc1cn(C(=O)c2ccccc2Br)c2ccc(F)cc12. The molecule has 3 nitrogen and oxygen atoms in total. The van der Waals surface area contributed by atoms with Crippen LogP contribution in [-0.4, -0.2) is 36.0 Å². The number of fused-ring (bicyclic) bond motifs is 1. The van der Waals surface area contributed by atoms with Crippen LogP contribution in [0, 0.1) is 5.82 Å². The van der Waals surface area contributed by atoms with Gasteiger partial charge in [-0.1, -0.05) is 12.1 Å². The number of hydrogen-bond donors (Lipinski definition) is 0. The van der Waals surface area contributed by atoms with Gasteiger partial charge >= 0.3 is 0 Å². The Hall–Kier alpha value is -1.98. The molecule has 0 bridgehead atoms. The van der Waals surface area contributed by atoms with Crippen molar-refractivity contribution < 1.29 is 9.18 Å². The lowest BCUT2D eigenvalue weighted by Gasteiger charge is -2.08. The monoisotopic (exact) mass is 388 g/mol. The number of likely N-dealkylation sites (N-methyl/N-ethyl adjacent to an activating group) is 1. The smallest absolute Gasteiger partial charge is 0.263 e. The lowest BCUT2D eigenvalue weighted by molar-refractivity contribution is 0.0964. The zero-order chi connectivity index (χ0) is 17.3. The average molecular weight is 389 g/mol. The number of halogens is 2. The summed E-state index contributed by atoms with van der Waals surface area (Å²) in [4.78, 5) is 15.0. The summed E-state index contributed by atoms with van der Waals surface area (Å²) < 4.78 is 16.1. The minimum atomic E-state index is -0.292. The molecule has 5 heteroatoms. The normalized spacial score (nSPS) is 11.4. The van der Waals surface area contributed by atoms with Crippen LogP contribution >= 0.6 is 15.9 Å². The Morgan fingerprint density at radius 3 is 2.67 bits per heavy atom. The van der Waals surface area contributed by atoms with Crippen molar-refractivity contribution in [2.24, 2.45) is 0 Å². The third-order valence-corrected chi connectivity index (χ3v) is 4.69. The Morgan fingerprint density at radius 2 is 1.96 bits per heavy atom. The molecule has 0 fully saturated rings. The van der Waals surface area contributed by atoms with Gasteiger partial charge in [0.05, 0.1) is 11.1 Å². The van der Waals surface area contributed by atoms with E-state index in [2.05, 4.69) is 20.8 Å². The van der Waals surface area contributed by atoms with E-state index in [9.17, 15) is 9.18 Å². The predicted octanol–water partition coefficient (Wildman–Crippen LogP) is 4.34. The fraction of sp³-hybridized carbons (Fsp3) is 0.211. The Labute approximate surface area is 148 Å². The van der Waals surface area contributed by atoms with Crippen molar-refractivity contribution in [3.63, 3.8) is 0 Å². The van der Waals surface area contributed by atoms with Crippen LogP contribution in [0.1, 0.15) is 15.9 Å². The summed E-state index contributed by atoms with van der Waals surface area (Å²) in [6.07, 6.45) is 2.58. The first-order chi connectivity index (χ1) is 11.5. The van der Waals surface area contributed by atoms with Crippen molar-refractivity contribution in [3.05, 3.63) is 70.1 Å². The molecule has 1 aromatic heterocycles. The molecular formula is C19H18BrFN2O. The molecule has 0 atom stereocenters. The van der Waals surface area contributed by atoms with Gasteiger partial charge in [-0.05, 0) is 72.3 Å². The zero-order valence-electron chi connectivity index (χ0n) is 13.6. The van der Waals surface area contributed by atoms with E-state index in [0.29, 0.717) is 5.56 Å². The summed E-state index contributed by atoms with van der Waals surface area (Å²) in [5.41, 5.74) is 2.28. The number of hydrogen-bond acceptors (Lipinski definition) is 2. The van der Waals surface area contributed by atoms with Gasteiger partial charge < -0.3 is 4.90 Å². The van der Waals surface area contributed by atoms with Crippen LogP contribution in [0.5, 0.6) is 0 Å². The number of aromatic nitrogens is 1. The molecule has 0 aliphatic rings. The van der Waals surface area contributed by atoms with E-state index in [4.69, 9.17) is 0 Å². The fourth-order valence-electron chi connectivity index (χ4n) is 2.75. The van der Waals surface area contributed by atoms with E-state index in [1.807, 2.05) is 38.5 Å². The number of carbonyl (C=O) groups excluding carboxylic acids is 1. The molecule has 0 aliphatic heterocycles. The quantitative estimate of drug-likeness (QED) is 0.664. The Bertz CT molecular complexity index is 902. The molecule has 124 valence electrons. The summed E-state index contributed by atoms with van der Waals surface area (Å²) >= 11 is 3.43. The third-order valence-electron chi connectivity index (χ3n) is 4.00. The van der Waals surface area contributed by atoms with Crippen LogP contribution in [0.15, 0.2) is 53.1 Å². The van der Waals surface area contributed by atoms with E-state index in [-0.39, 0.29) is 11.7 Å². The number of benzene rings is 2. The number of rotatable bonds is 4. The summed E-state index contributed by atoms with van der Waals surface area (Å²) in [5.74, 6) is -0.421. The molecular weight excluding hydrogens is 371 g/mol. The van der Waals surface area contributed by atoms with E-state index >= 15 is 0 Å². The number of carbonyl (C=O) groups is 1. The average Bonchev–Trinajstić information content (AvgIpc) is 2.90. The molecule has 3 aromatic rings. The molecule has 0 aliphatic carbocycles. The van der Waals surface area contributed by atoms with Crippen molar-refractivity contribution in [1.29, 1.82) is 0 Å². The van der Waals surface area contributed by atoms with Crippen LogP contribution in [0.3, 0.4) is 0 Å². The highest BCUT2D eigenvalue weighted by Crippen LogP contribution is 2.26. The second-order valence-electron chi connectivity index (χ2n) is 6.02. The maximum absolute atomic E-state index is 13.7. The molecule has 0 N–H and O–H groups in total. The molecule has 0 radical (unpaired) electrons. The first-order valence-electron chi connectivity index (χ1n) is 7.71. The van der Waals surface area contributed by atoms with Gasteiger partial charge in [0.15, 0.2) is 0 Å². The van der Waals surface area contributed by atoms with E-state index in [0.717, 1.165) is 33.9 Å². The van der Waals surface area contributed by atoms with Crippen LogP contribution < -0.4 is 0 Å². The Kier molecular flexibility index (Phi) is 4.83. The highest BCUT2D eigenvalue weighted by molar-refractivity contribution is 9.10. The van der Waals surface area contributed by atoms with Gasteiger partial charge in [-0.15, -0.1) is 0 Å². The van der Waals surface area contributed by atoms with Gasteiger partial charge in [-0.25, -0.2) is 4.39 Å². The highest BCUT2D eigenvalue weighted by Gasteiger charge is 2.17. The van der Waals surface area contributed by atoms with E-state index < -0.39 is 0 Å².